The smallest absolute Gasteiger partial charge is 0.253 e. The van der Waals surface area contributed by atoms with Crippen LogP contribution in [0, 0.1) is 5.92 Å². The lowest BCUT2D eigenvalue weighted by molar-refractivity contribution is -0.148. The number of carbonyl (C=O) groups is 1. The summed E-state index contributed by atoms with van der Waals surface area (Å²) < 4.78 is 7.37. The molecule has 2 fully saturated rings. The monoisotopic (exact) mass is 397 g/mol. The maximum Gasteiger partial charge on any atom is 0.253 e. The first kappa shape index (κ1) is 19.7. The van der Waals surface area contributed by atoms with Gasteiger partial charge in [-0.1, -0.05) is 0 Å². The van der Waals surface area contributed by atoms with Crippen molar-refractivity contribution in [1.82, 2.24) is 24.3 Å². The van der Waals surface area contributed by atoms with E-state index in [1.54, 1.807) is 34.3 Å². The summed E-state index contributed by atoms with van der Waals surface area (Å²) in [4.78, 5) is 36.7. The van der Waals surface area contributed by atoms with Gasteiger partial charge in [0.2, 0.25) is 5.91 Å². The standard InChI is InChI=1S/C21H27N5O3/c1-24-12-18(29-14-21(24)28)13-25-7-4-16(5-8-25)11-26-15-23-19(9-20(26)27)17-3-2-6-22-10-17/h2-3,6,9-10,15-16,18H,4-5,7-8,11-14H2,1H3. The number of ether oxygens (including phenoxy) is 1. The van der Waals surface area contributed by atoms with Crippen LogP contribution in [0.5, 0.6) is 0 Å². The third-order valence-corrected chi connectivity index (χ3v) is 5.81. The highest BCUT2D eigenvalue weighted by molar-refractivity contribution is 5.77. The van der Waals surface area contributed by atoms with Crippen LogP contribution in [0.3, 0.4) is 0 Å². The number of hydrogen-bond donors (Lipinski definition) is 0. The van der Waals surface area contributed by atoms with Gasteiger partial charge in [0.15, 0.2) is 0 Å². The molecule has 8 heteroatoms. The van der Waals surface area contributed by atoms with Crippen LogP contribution >= 0.6 is 0 Å². The van der Waals surface area contributed by atoms with Crippen molar-refractivity contribution in [2.45, 2.75) is 25.5 Å². The molecule has 1 amide bonds. The number of pyridine rings is 1. The summed E-state index contributed by atoms with van der Waals surface area (Å²) in [6.45, 7) is 4.36. The molecule has 8 nitrogen and oxygen atoms in total. The average molecular weight is 397 g/mol. The Balaban J connectivity index is 1.29. The molecule has 1 atom stereocenters. The number of hydrogen-bond acceptors (Lipinski definition) is 6. The van der Waals surface area contributed by atoms with Crippen molar-refractivity contribution in [2.24, 2.45) is 5.92 Å². The molecule has 0 aromatic carbocycles. The van der Waals surface area contributed by atoms with Gasteiger partial charge >= 0.3 is 0 Å². The lowest BCUT2D eigenvalue weighted by Gasteiger charge is -2.37. The maximum atomic E-state index is 12.5. The van der Waals surface area contributed by atoms with Crippen molar-refractivity contribution < 1.29 is 9.53 Å². The number of likely N-dealkylation sites (tertiary alicyclic amines) is 1. The largest absolute Gasteiger partial charge is 0.365 e. The lowest BCUT2D eigenvalue weighted by Crippen LogP contribution is -2.50. The zero-order valence-electron chi connectivity index (χ0n) is 16.7. The Morgan fingerprint density at radius 1 is 1.21 bits per heavy atom. The Hall–Kier alpha value is -2.58. The van der Waals surface area contributed by atoms with E-state index < -0.39 is 0 Å². The zero-order valence-corrected chi connectivity index (χ0v) is 16.7. The fourth-order valence-corrected chi connectivity index (χ4v) is 4.02. The van der Waals surface area contributed by atoms with E-state index in [2.05, 4.69) is 14.9 Å². The zero-order chi connectivity index (χ0) is 20.2. The van der Waals surface area contributed by atoms with Gasteiger partial charge in [-0.15, -0.1) is 0 Å². The number of likely N-dealkylation sites (N-methyl/N-ethyl adjacent to an activating group) is 1. The summed E-state index contributed by atoms with van der Waals surface area (Å²) in [5.41, 5.74) is 1.48. The Morgan fingerprint density at radius 3 is 2.72 bits per heavy atom. The van der Waals surface area contributed by atoms with Gasteiger partial charge in [0.1, 0.15) is 6.61 Å². The molecule has 4 heterocycles. The summed E-state index contributed by atoms with van der Waals surface area (Å²) in [5.74, 6) is 0.514. The Morgan fingerprint density at radius 2 is 2.03 bits per heavy atom. The van der Waals surface area contributed by atoms with Crippen molar-refractivity contribution in [3.8, 4) is 11.3 Å². The van der Waals surface area contributed by atoms with Crippen LogP contribution in [-0.2, 0) is 16.1 Å². The van der Waals surface area contributed by atoms with Crippen LogP contribution in [0.15, 0.2) is 41.7 Å². The average Bonchev–Trinajstić information content (AvgIpc) is 2.74. The number of amides is 1. The molecule has 2 aromatic rings. The number of morpholine rings is 1. The molecule has 0 radical (unpaired) electrons. The third kappa shape index (κ3) is 4.89. The Bertz CT molecular complexity index is 893. The third-order valence-electron chi connectivity index (χ3n) is 5.81. The van der Waals surface area contributed by atoms with E-state index in [9.17, 15) is 9.59 Å². The van der Waals surface area contributed by atoms with Gasteiger partial charge in [-0.2, -0.15) is 0 Å². The van der Waals surface area contributed by atoms with Gasteiger partial charge in [-0.3, -0.25) is 19.1 Å². The van der Waals surface area contributed by atoms with Gasteiger partial charge in [0.05, 0.1) is 18.1 Å². The molecule has 154 valence electrons. The fourth-order valence-electron chi connectivity index (χ4n) is 4.02. The summed E-state index contributed by atoms with van der Waals surface area (Å²) in [7, 11) is 1.83. The summed E-state index contributed by atoms with van der Waals surface area (Å²) >= 11 is 0. The number of piperidine rings is 1. The predicted octanol–water partition coefficient (Wildman–Crippen LogP) is 0.874. The second kappa shape index (κ2) is 8.84. The number of aromatic nitrogens is 3. The van der Waals surface area contributed by atoms with Gasteiger partial charge in [0, 0.05) is 50.7 Å². The molecule has 2 aliphatic rings. The van der Waals surface area contributed by atoms with E-state index in [0.29, 0.717) is 24.7 Å². The summed E-state index contributed by atoms with van der Waals surface area (Å²) in [6.07, 6.45) is 7.23. The Labute approximate surface area is 170 Å². The molecule has 0 aliphatic carbocycles. The maximum absolute atomic E-state index is 12.5. The van der Waals surface area contributed by atoms with E-state index in [0.717, 1.165) is 38.0 Å². The first-order valence-corrected chi connectivity index (χ1v) is 10.1. The van der Waals surface area contributed by atoms with Crippen molar-refractivity contribution >= 4 is 5.91 Å². The normalized spacial score (nSPS) is 21.5. The highest BCUT2D eigenvalue weighted by atomic mass is 16.5. The van der Waals surface area contributed by atoms with Gasteiger partial charge < -0.3 is 14.5 Å². The van der Waals surface area contributed by atoms with Crippen LogP contribution < -0.4 is 5.56 Å². The molecule has 0 N–H and O–H groups in total. The molecule has 2 aliphatic heterocycles. The van der Waals surface area contributed by atoms with E-state index in [1.165, 1.54) is 0 Å². The first-order chi connectivity index (χ1) is 14.1. The quantitative estimate of drug-likeness (QED) is 0.745. The van der Waals surface area contributed by atoms with Crippen LogP contribution in [-0.4, -0.2) is 76.2 Å². The van der Waals surface area contributed by atoms with Crippen molar-refractivity contribution in [3.63, 3.8) is 0 Å². The lowest BCUT2D eigenvalue weighted by atomic mass is 9.96. The molecule has 0 spiro atoms. The van der Waals surface area contributed by atoms with E-state index >= 15 is 0 Å². The van der Waals surface area contributed by atoms with E-state index in [1.807, 2.05) is 19.2 Å². The van der Waals surface area contributed by atoms with Crippen molar-refractivity contribution in [2.75, 3.05) is 39.8 Å². The molecule has 4 rings (SSSR count). The summed E-state index contributed by atoms with van der Waals surface area (Å²) in [6, 6.07) is 5.33. The number of nitrogens with zero attached hydrogens (tertiary/aromatic N) is 5. The Kier molecular flexibility index (Phi) is 6.01. The summed E-state index contributed by atoms with van der Waals surface area (Å²) in [5, 5.41) is 0. The number of carbonyl (C=O) groups excluding carboxylic acids is 1. The minimum Gasteiger partial charge on any atom is -0.365 e. The number of rotatable bonds is 5. The highest BCUT2D eigenvalue weighted by Gasteiger charge is 2.27. The van der Waals surface area contributed by atoms with E-state index in [4.69, 9.17) is 4.74 Å². The van der Waals surface area contributed by atoms with Crippen LogP contribution in [0.25, 0.3) is 11.3 Å². The molecule has 2 saturated heterocycles. The van der Waals surface area contributed by atoms with Gasteiger partial charge in [0.25, 0.3) is 5.56 Å². The molecule has 0 saturated carbocycles. The predicted molar refractivity (Wildman–Crippen MR) is 108 cm³/mol. The minimum absolute atomic E-state index is 0.0235. The van der Waals surface area contributed by atoms with Gasteiger partial charge in [-0.25, -0.2) is 4.98 Å². The molecule has 29 heavy (non-hydrogen) atoms. The minimum atomic E-state index is -0.0235. The molecule has 0 bridgehead atoms. The fraction of sp³-hybridized carbons (Fsp3) is 0.524. The molecule has 2 aromatic heterocycles. The van der Waals surface area contributed by atoms with Crippen molar-refractivity contribution in [3.05, 3.63) is 47.3 Å². The van der Waals surface area contributed by atoms with Crippen LogP contribution in [0.2, 0.25) is 0 Å². The van der Waals surface area contributed by atoms with Crippen LogP contribution in [0.1, 0.15) is 12.8 Å². The highest BCUT2D eigenvalue weighted by Crippen LogP contribution is 2.20. The van der Waals surface area contributed by atoms with E-state index in [-0.39, 0.29) is 24.2 Å². The molecular weight excluding hydrogens is 370 g/mol. The molecular formula is C21H27N5O3. The first-order valence-electron chi connectivity index (χ1n) is 10.1. The topological polar surface area (TPSA) is 80.6 Å². The van der Waals surface area contributed by atoms with Crippen molar-refractivity contribution in [1.29, 1.82) is 0 Å². The SMILES string of the molecule is CN1CC(CN2CCC(Cn3cnc(-c4cccnc4)cc3=O)CC2)OCC1=O. The van der Waals surface area contributed by atoms with Gasteiger partial charge in [-0.05, 0) is 44.0 Å². The molecule has 1 unspecified atom stereocenters. The second-order valence-electron chi connectivity index (χ2n) is 7.96. The second-order valence-corrected chi connectivity index (χ2v) is 7.96. The van der Waals surface area contributed by atoms with Crippen LogP contribution in [0.4, 0.5) is 0 Å².